The van der Waals surface area contributed by atoms with Crippen LogP contribution in [-0.2, 0) is 11.3 Å². The van der Waals surface area contributed by atoms with Crippen molar-refractivity contribution in [1.82, 2.24) is 4.57 Å². The normalized spacial score (nSPS) is 22.6. The van der Waals surface area contributed by atoms with E-state index in [9.17, 15) is 9.90 Å². The van der Waals surface area contributed by atoms with Crippen LogP contribution in [0.15, 0.2) is 28.9 Å². The lowest BCUT2D eigenvalue weighted by Gasteiger charge is -2.07. The average Bonchev–Trinajstić information content (AvgIpc) is 3.26. The van der Waals surface area contributed by atoms with Gasteiger partial charge in [-0.3, -0.25) is 4.79 Å². The Bertz CT molecular complexity index is 743. The summed E-state index contributed by atoms with van der Waals surface area (Å²) in [5, 5.41) is 13.3. The van der Waals surface area contributed by atoms with Crippen LogP contribution in [0.1, 0.15) is 46.0 Å². The molecule has 3 atom stereocenters. The minimum atomic E-state index is -0.440. The number of nitrogens with zero attached hydrogens (tertiary/aromatic N) is 1. The van der Waals surface area contributed by atoms with E-state index in [4.69, 9.17) is 0 Å². The van der Waals surface area contributed by atoms with Gasteiger partial charge in [0.1, 0.15) is 0 Å². The summed E-state index contributed by atoms with van der Waals surface area (Å²) in [6.07, 6.45) is 9.17. The van der Waals surface area contributed by atoms with E-state index < -0.39 is 6.10 Å². The zero-order chi connectivity index (χ0) is 18.0. The second-order valence-corrected chi connectivity index (χ2v) is 8.25. The summed E-state index contributed by atoms with van der Waals surface area (Å²) in [4.78, 5) is 11.2. The van der Waals surface area contributed by atoms with E-state index in [2.05, 4.69) is 21.2 Å². The highest BCUT2D eigenvalue weighted by Gasteiger charge is 2.37. The van der Waals surface area contributed by atoms with Gasteiger partial charge in [-0.25, -0.2) is 0 Å². The fourth-order valence-corrected chi connectivity index (χ4v) is 4.43. The SMILES string of the molecule is C1CCC2CC2C1.CC(=O)Nc1cn(CC(C)O)c2cccc(Br)c12. The molecule has 1 amide bonds. The van der Waals surface area contributed by atoms with Crippen LogP contribution in [0, 0.1) is 11.8 Å². The van der Waals surface area contributed by atoms with Crippen molar-refractivity contribution in [2.45, 2.75) is 58.6 Å². The Kier molecular flexibility index (Phi) is 5.85. The summed E-state index contributed by atoms with van der Waals surface area (Å²) in [5.74, 6) is 2.30. The van der Waals surface area contributed by atoms with Crippen LogP contribution in [0.25, 0.3) is 10.9 Å². The lowest BCUT2D eigenvalue weighted by molar-refractivity contribution is -0.114. The lowest BCUT2D eigenvalue weighted by atomic mass is 10.0. The summed E-state index contributed by atoms with van der Waals surface area (Å²) in [7, 11) is 0. The fraction of sp³-hybridized carbons (Fsp3) is 0.550. The van der Waals surface area contributed by atoms with Crippen LogP contribution >= 0.6 is 15.9 Å². The standard InChI is InChI=1S/C13H15BrN2O2.C7H12/c1-8(17)6-16-7-11(15-9(2)18)13-10(14)4-3-5-12(13)16;1-2-4-7-5-6(7)3-1/h3-5,7-8,17H,6H2,1-2H3,(H,15,18);6-7H,1-5H2. The Balaban J connectivity index is 0.000000213. The van der Waals surface area contributed by atoms with Crippen molar-refractivity contribution in [2.24, 2.45) is 11.8 Å². The summed E-state index contributed by atoms with van der Waals surface area (Å²) >= 11 is 3.49. The van der Waals surface area contributed by atoms with Gasteiger partial charge in [-0.1, -0.05) is 47.7 Å². The number of halogens is 1. The number of aliphatic hydroxyl groups excluding tert-OH is 1. The van der Waals surface area contributed by atoms with Crippen LogP contribution in [-0.4, -0.2) is 21.7 Å². The molecule has 0 saturated heterocycles. The molecule has 3 unspecified atom stereocenters. The Hall–Kier alpha value is -1.33. The molecule has 2 aliphatic rings. The molecule has 1 heterocycles. The van der Waals surface area contributed by atoms with Gasteiger partial charge in [0, 0.05) is 29.5 Å². The first-order valence-corrected chi connectivity index (χ1v) is 9.98. The lowest BCUT2D eigenvalue weighted by Crippen LogP contribution is -2.10. The molecule has 2 N–H and O–H groups in total. The van der Waals surface area contributed by atoms with E-state index in [1.54, 1.807) is 26.2 Å². The third-order valence-corrected chi connectivity index (χ3v) is 5.76. The predicted octanol–water partition coefficient (Wildman–Crippen LogP) is 4.94. The smallest absolute Gasteiger partial charge is 0.221 e. The Labute approximate surface area is 157 Å². The van der Waals surface area contributed by atoms with Crippen molar-refractivity contribution in [2.75, 3.05) is 5.32 Å². The Morgan fingerprint density at radius 3 is 2.60 bits per heavy atom. The van der Waals surface area contributed by atoms with Gasteiger partial charge < -0.3 is 15.0 Å². The van der Waals surface area contributed by atoms with E-state index >= 15 is 0 Å². The highest BCUT2D eigenvalue weighted by atomic mass is 79.9. The molecule has 2 saturated carbocycles. The number of carbonyl (C=O) groups is 1. The number of benzene rings is 1. The summed E-state index contributed by atoms with van der Waals surface area (Å²) < 4.78 is 2.86. The summed E-state index contributed by atoms with van der Waals surface area (Å²) in [6.45, 7) is 3.71. The molecule has 136 valence electrons. The molecule has 2 aliphatic carbocycles. The number of aliphatic hydroxyl groups is 1. The number of fused-ring (bicyclic) bond motifs is 2. The van der Waals surface area contributed by atoms with Crippen LogP contribution in [0.2, 0.25) is 0 Å². The second-order valence-electron chi connectivity index (χ2n) is 7.40. The zero-order valence-corrected chi connectivity index (χ0v) is 16.6. The molecule has 0 aliphatic heterocycles. The Morgan fingerprint density at radius 1 is 1.36 bits per heavy atom. The quantitative estimate of drug-likeness (QED) is 0.757. The number of carbonyl (C=O) groups excluding carboxylic acids is 1. The molecular weight excluding hydrogens is 380 g/mol. The summed E-state index contributed by atoms with van der Waals surface area (Å²) in [6, 6.07) is 5.83. The molecule has 0 spiro atoms. The maximum absolute atomic E-state index is 11.2. The molecule has 5 heteroatoms. The number of amides is 1. The number of hydrogen-bond donors (Lipinski definition) is 2. The second kappa shape index (κ2) is 7.92. The van der Waals surface area contributed by atoms with Crippen molar-refractivity contribution in [3.05, 3.63) is 28.9 Å². The number of rotatable bonds is 3. The van der Waals surface area contributed by atoms with E-state index in [0.717, 1.165) is 21.1 Å². The van der Waals surface area contributed by atoms with Crippen LogP contribution in [0.3, 0.4) is 0 Å². The van der Waals surface area contributed by atoms with Crippen molar-refractivity contribution >= 4 is 38.4 Å². The largest absolute Gasteiger partial charge is 0.392 e. The van der Waals surface area contributed by atoms with Crippen molar-refractivity contribution in [3.8, 4) is 0 Å². The monoisotopic (exact) mass is 406 g/mol. The van der Waals surface area contributed by atoms with Crippen LogP contribution in [0.4, 0.5) is 5.69 Å². The number of anilines is 1. The maximum atomic E-state index is 11.2. The minimum absolute atomic E-state index is 0.109. The van der Waals surface area contributed by atoms with E-state index in [-0.39, 0.29) is 5.91 Å². The van der Waals surface area contributed by atoms with Crippen LogP contribution in [0.5, 0.6) is 0 Å². The number of nitrogens with one attached hydrogen (secondary N) is 1. The molecule has 2 fully saturated rings. The van der Waals surface area contributed by atoms with Crippen LogP contribution < -0.4 is 5.32 Å². The van der Waals surface area contributed by atoms with E-state index in [0.29, 0.717) is 6.54 Å². The third-order valence-electron chi connectivity index (χ3n) is 5.10. The van der Waals surface area contributed by atoms with Gasteiger partial charge in [-0.05, 0) is 37.3 Å². The van der Waals surface area contributed by atoms with Gasteiger partial charge >= 0.3 is 0 Å². The number of aromatic nitrogens is 1. The van der Waals surface area contributed by atoms with Crippen molar-refractivity contribution in [1.29, 1.82) is 0 Å². The first-order valence-electron chi connectivity index (χ1n) is 9.18. The first kappa shape index (κ1) is 18.5. The highest BCUT2D eigenvalue weighted by Crippen LogP contribution is 2.49. The topological polar surface area (TPSA) is 54.3 Å². The molecule has 4 nitrogen and oxygen atoms in total. The van der Waals surface area contributed by atoms with Gasteiger partial charge in [0.25, 0.3) is 0 Å². The first-order chi connectivity index (χ1) is 12.0. The van der Waals surface area contributed by atoms with Gasteiger partial charge in [-0.15, -0.1) is 0 Å². The van der Waals surface area contributed by atoms with Gasteiger partial charge in [0.2, 0.25) is 5.91 Å². The van der Waals surface area contributed by atoms with E-state index in [1.165, 1.54) is 31.6 Å². The molecule has 25 heavy (non-hydrogen) atoms. The molecular formula is C20H27BrN2O2. The zero-order valence-electron chi connectivity index (χ0n) is 15.0. The molecule has 4 rings (SSSR count). The molecule has 1 aromatic heterocycles. The molecule has 2 aromatic rings. The van der Waals surface area contributed by atoms with Crippen molar-refractivity contribution in [3.63, 3.8) is 0 Å². The van der Waals surface area contributed by atoms with Crippen molar-refractivity contribution < 1.29 is 9.90 Å². The molecule has 0 bridgehead atoms. The van der Waals surface area contributed by atoms with Gasteiger partial charge in [0.15, 0.2) is 0 Å². The number of hydrogen-bond acceptors (Lipinski definition) is 2. The van der Waals surface area contributed by atoms with E-state index in [1.807, 2.05) is 29.0 Å². The average molecular weight is 407 g/mol. The molecule has 0 radical (unpaired) electrons. The highest BCUT2D eigenvalue weighted by molar-refractivity contribution is 9.10. The van der Waals surface area contributed by atoms with Gasteiger partial charge in [0.05, 0.1) is 17.3 Å². The Morgan fingerprint density at radius 2 is 2.04 bits per heavy atom. The third kappa shape index (κ3) is 4.64. The fourth-order valence-electron chi connectivity index (χ4n) is 3.86. The van der Waals surface area contributed by atoms with Gasteiger partial charge in [-0.2, -0.15) is 0 Å². The predicted molar refractivity (Wildman–Crippen MR) is 106 cm³/mol. The summed E-state index contributed by atoms with van der Waals surface area (Å²) in [5.41, 5.74) is 1.74. The minimum Gasteiger partial charge on any atom is -0.392 e. The molecule has 1 aromatic carbocycles. The maximum Gasteiger partial charge on any atom is 0.221 e.